The zero-order chi connectivity index (χ0) is 86.1. The standard InChI is InChI=1S/C29H34N4O.C27H31N5O2.C26H27N3O.9C2H6.3H2/c1-32(2)22-29-31-16-17-33(29)27-12-7-10-25(19-27)20-28(34)26-11-6-9-23(18-26)13-14-24-8-4-3-5-15-30-21-24;1-28-27(34)25-18-32(19-30-25)24-11-6-9-22(16-24)26(33)31-23-10-5-8-20(15-23)12-13-21-7-3-2-4-14-29-17-21;30-26(18-23-8-5-10-25(17-23)29-15-14-28-20-29)24-9-4-7-21(16-24)11-12-22-6-2-1-3-13-27-19-22;9*1-2;;;/h6-7,9-12,16-19,24,30H,3-5,8,15,20-22H2,1-2H3;5-6,8-11,15-16,18,21,29-30H,2-4,7,14,17,19H2,1H3,(H,28,34)(H,31,33);4-5,7-10,14-17,20,22,27H,1-3,6,13,18-19H2;9*1-2H3;3*1H/i;;;;;;;;;;;;3*1+2. The molecule has 16 nitrogen and oxygen atoms in total. The van der Waals surface area contributed by atoms with Crippen LogP contribution in [0, 0.1) is 53.3 Å². The number of nitrogens with zero attached hydrogens (tertiary/aromatic N) is 6. The molecule has 0 radical (unpaired) electrons. The SMILES string of the molecule is CC.CC.CC.CC.CC.CC.CC.CC.CC.CN(C)Cc1nccn1-c1cccc(CC(=O)c2cccc(C#CC3CCCCCNC3)c2)c1.CNC(=O)C1=CN(c2cccc(C(=O)Nc3cccc(C#CC4CCCCCNC4)c3)c2)CN1.O=C(Cc1cccc(-n2ccnc2)c1)c1cccc(C#CC2CCCCCNC2)c1.[3HH].[3HH].[3HH]. The van der Waals surface area contributed by atoms with Crippen LogP contribution in [0.5, 0.6) is 0 Å². The second-order valence-electron chi connectivity index (χ2n) is 25.7. The molecule has 0 bridgehead atoms. The summed E-state index contributed by atoms with van der Waals surface area (Å²) in [6.45, 7) is 43.3. The van der Waals surface area contributed by atoms with E-state index < -0.39 is 0 Å². The van der Waals surface area contributed by atoms with E-state index in [9.17, 15) is 19.2 Å². The second-order valence-corrected chi connectivity index (χ2v) is 25.7. The van der Waals surface area contributed by atoms with E-state index in [2.05, 4.69) is 99.0 Å². The van der Waals surface area contributed by atoms with Crippen molar-refractivity contribution in [3.05, 3.63) is 239 Å². The lowest BCUT2D eigenvalue weighted by molar-refractivity contribution is -0.117. The van der Waals surface area contributed by atoms with E-state index in [1.807, 2.05) is 294 Å². The van der Waals surface area contributed by atoms with E-state index in [0.717, 1.165) is 116 Å². The van der Waals surface area contributed by atoms with Crippen molar-refractivity contribution in [2.75, 3.05) is 77.3 Å². The van der Waals surface area contributed by atoms with Gasteiger partial charge in [0, 0.05) is 149 Å². The number of hydrogen-bond acceptors (Lipinski definition) is 12. The van der Waals surface area contributed by atoms with Crippen LogP contribution in [0.15, 0.2) is 189 Å². The van der Waals surface area contributed by atoms with Gasteiger partial charge in [0.05, 0.1) is 19.5 Å². The van der Waals surface area contributed by atoms with Crippen molar-refractivity contribution in [2.45, 2.75) is 221 Å². The largest absolute Gasteiger partial charge is 0.362 e. The molecule has 8 aromatic rings. The molecule has 6 aromatic carbocycles. The van der Waals surface area contributed by atoms with E-state index in [1.54, 1.807) is 31.8 Å². The summed E-state index contributed by atoms with van der Waals surface area (Å²) < 4.78 is 4.02. The fourth-order valence-electron chi connectivity index (χ4n) is 12.2. The number of anilines is 2. The number of hydrogen-bond donors (Lipinski definition) is 6. The van der Waals surface area contributed by atoms with Gasteiger partial charge in [0.1, 0.15) is 11.5 Å². The highest BCUT2D eigenvalue weighted by atomic mass is 16.2. The van der Waals surface area contributed by atoms with Crippen LogP contribution in [0.2, 0.25) is 0 Å². The van der Waals surface area contributed by atoms with Gasteiger partial charge >= 0.3 is 0 Å². The first-order valence-corrected chi connectivity index (χ1v) is 43.7. The third-order valence-corrected chi connectivity index (χ3v) is 17.6. The molecule has 3 saturated heterocycles. The Balaban J connectivity index is -0.00000153. The van der Waals surface area contributed by atoms with E-state index >= 15 is 0 Å². The minimum atomic E-state index is -0.196. The molecule has 16 heteroatoms. The molecular formula is C100H152N12O4. The van der Waals surface area contributed by atoms with E-state index in [0.29, 0.717) is 65.3 Å². The molecule has 3 atom stereocenters. The van der Waals surface area contributed by atoms with Crippen LogP contribution >= 0.6 is 0 Å². The first kappa shape index (κ1) is 104. The maximum atomic E-state index is 13.1. The molecule has 6 heterocycles. The third kappa shape index (κ3) is 39.5. The predicted octanol–water partition coefficient (Wildman–Crippen LogP) is 21.9. The highest BCUT2D eigenvalue weighted by molar-refractivity contribution is 6.05. The van der Waals surface area contributed by atoms with Crippen molar-refractivity contribution in [3.8, 4) is 46.9 Å². The quantitative estimate of drug-likeness (QED) is 0.0448. The fourth-order valence-corrected chi connectivity index (χ4v) is 12.2. The van der Waals surface area contributed by atoms with Gasteiger partial charge in [-0.15, -0.1) is 0 Å². The molecule has 0 saturated carbocycles. The molecule has 6 N–H and O–H groups in total. The van der Waals surface area contributed by atoms with Crippen molar-refractivity contribution < 1.29 is 23.5 Å². The molecule has 12 rings (SSSR count). The van der Waals surface area contributed by atoms with Gasteiger partial charge in [-0.1, -0.05) is 259 Å². The van der Waals surface area contributed by atoms with Gasteiger partial charge in [-0.05, 0) is 168 Å². The van der Waals surface area contributed by atoms with Crippen molar-refractivity contribution in [3.63, 3.8) is 0 Å². The second kappa shape index (κ2) is 66.1. The van der Waals surface area contributed by atoms with Gasteiger partial charge in [-0.3, -0.25) is 19.2 Å². The van der Waals surface area contributed by atoms with Crippen LogP contribution in [0.3, 0.4) is 0 Å². The number of aromatic nitrogens is 4. The van der Waals surface area contributed by atoms with E-state index in [1.165, 1.54) is 57.8 Å². The number of likely N-dealkylation sites (N-methyl/N-ethyl adjacent to an activating group) is 1. The van der Waals surface area contributed by atoms with Crippen LogP contribution in [0.25, 0.3) is 11.4 Å². The first-order chi connectivity index (χ1) is 57.0. The third-order valence-electron chi connectivity index (χ3n) is 17.6. The maximum Gasteiger partial charge on any atom is 0.268 e. The van der Waals surface area contributed by atoms with Crippen molar-refractivity contribution in [1.82, 2.24) is 50.6 Å². The van der Waals surface area contributed by atoms with Crippen LogP contribution in [0.4, 0.5) is 11.4 Å². The lowest BCUT2D eigenvalue weighted by atomic mass is 9.98. The van der Waals surface area contributed by atoms with Crippen LogP contribution in [-0.4, -0.2) is 114 Å². The zero-order valence-corrected chi connectivity index (χ0v) is 74.9. The Labute approximate surface area is 707 Å². The smallest absolute Gasteiger partial charge is 0.268 e. The Kier molecular flexibility index (Phi) is 59.2. The topological polar surface area (TPSA) is 183 Å². The van der Waals surface area contributed by atoms with Gasteiger partial charge < -0.3 is 50.8 Å². The first-order valence-electron chi connectivity index (χ1n) is 43.7. The number of carbonyl (C=O) groups excluding carboxylic acids is 4. The lowest BCUT2D eigenvalue weighted by Gasteiger charge is -2.15. The van der Waals surface area contributed by atoms with Crippen LogP contribution in [-0.2, 0) is 24.2 Å². The number of ketones is 2. The molecule has 2 amide bonds. The average molecular weight is 1590 g/mol. The molecule has 2 aromatic heterocycles. The number of imidazole rings is 2. The number of carbonyl (C=O) groups is 4. The lowest BCUT2D eigenvalue weighted by Crippen LogP contribution is -2.27. The summed E-state index contributed by atoms with van der Waals surface area (Å²) in [5, 5.41) is 19.1. The van der Waals surface area contributed by atoms with Gasteiger partial charge in [-0.25, -0.2) is 9.97 Å². The number of benzene rings is 6. The number of rotatable bonds is 14. The Morgan fingerprint density at radius 3 is 1.39 bits per heavy atom. The predicted molar refractivity (Wildman–Crippen MR) is 501 cm³/mol. The van der Waals surface area contributed by atoms with Crippen LogP contribution in [0.1, 0.15) is 271 Å². The Morgan fingerprint density at radius 2 is 0.914 bits per heavy atom. The number of Topliss-reactive ketones (excluding diaryl/α,β-unsaturated/α-hetero) is 2. The van der Waals surface area contributed by atoms with Gasteiger partial charge in [-0.2, -0.15) is 0 Å². The van der Waals surface area contributed by atoms with E-state index in [4.69, 9.17) is 0 Å². The van der Waals surface area contributed by atoms with Crippen molar-refractivity contribution >= 4 is 34.8 Å². The zero-order valence-electron chi connectivity index (χ0n) is 74.9. The summed E-state index contributed by atoms with van der Waals surface area (Å²) in [6, 6.07) is 46.6. The molecule has 4 aliphatic rings. The fraction of sp³-hybridized carbons (Fsp3) is 0.460. The molecule has 636 valence electrons. The molecule has 4 aliphatic heterocycles. The summed E-state index contributed by atoms with van der Waals surface area (Å²) in [5.74, 6) is 22.1. The van der Waals surface area contributed by atoms with Gasteiger partial charge in [0.25, 0.3) is 11.8 Å². The van der Waals surface area contributed by atoms with E-state index in [-0.39, 0.29) is 27.7 Å². The van der Waals surface area contributed by atoms with Crippen molar-refractivity contribution in [2.24, 2.45) is 17.8 Å². The average Bonchev–Trinajstić information content (AvgIpc) is 1.85. The molecule has 0 aliphatic carbocycles. The van der Waals surface area contributed by atoms with Gasteiger partial charge in [0.2, 0.25) is 0 Å². The number of amides is 2. The summed E-state index contributed by atoms with van der Waals surface area (Å²) in [6.07, 6.45) is 26.3. The molecule has 3 unspecified atom stereocenters. The summed E-state index contributed by atoms with van der Waals surface area (Å²) in [5.41, 5.74) is 10.7. The summed E-state index contributed by atoms with van der Waals surface area (Å²) in [4.78, 5) is 63.2. The normalized spacial score (nSPS) is 14.8. The number of nitrogens with one attached hydrogen (secondary N) is 6. The minimum Gasteiger partial charge on any atom is -0.362 e. The summed E-state index contributed by atoms with van der Waals surface area (Å²) >= 11 is 0. The molecule has 0 spiro atoms. The van der Waals surface area contributed by atoms with Crippen molar-refractivity contribution in [1.29, 1.82) is 0 Å². The Hall–Kier alpha value is -10.1. The monoisotopic (exact) mass is 1590 g/mol. The summed E-state index contributed by atoms with van der Waals surface area (Å²) in [7, 11) is 5.65. The highest BCUT2D eigenvalue weighted by Gasteiger charge is 2.20. The molecular weight excluding hydrogens is 1430 g/mol. The maximum absolute atomic E-state index is 13.1. The Morgan fingerprint density at radius 1 is 0.474 bits per heavy atom. The molecule has 116 heavy (non-hydrogen) atoms. The van der Waals surface area contributed by atoms with Crippen LogP contribution < -0.4 is 36.8 Å². The highest BCUT2D eigenvalue weighted by Crippen LogP contribution is 2.24. The minimum absolute atomic E-state index is 0. The Bertz CT molecular complexity index is 4190. The molecule has 3 fully saturated rings. The van der Waals surface area contributed by atoms with Gasteiger partial charge in [0.15, 0.2) is 11.6 Å².